The predicted molar refractivity (Wildman–Crippen MR) is 63.7 cm³/mol. The van der Waals surface area contributed by atoms with Crippen molar-refractivity contribution in [3.8, 4) is 5.75 Å². The molecule has 0 heterocycles. The summed E-state index contributed by atoms with van der Waals surface area (Å²) in [6.07, 6.45) is -0.601. The van der Waals surface area contributed by atoms with E-state index in [0.717, 1.165) is 0 Å². The van der Waals surface area contributed by atoms with Crippen molar-refractivity contribution >= 4 is 29.1 Å². The molecule has 0 saturated heterocycles. The van der Waals surface area contributed by atoms with Gasteiger partial charge in [-0.15, -0.1) is 0 Å². The molecule has 1 aromatic rings. The summed E-state index contributed by atoms with van der Waals surface area (Å²) in [7, 11) is 0. The summed E-state index contributed by atoms with van der Waals surface area (Å²) in [5, 5.41) is 3.43. The molecule has 6 heteroatoms. The molecule has 1 amide bonds. The molecule has 0 aromatic heterocycles. The number of carbonyl (C=O) groups excluding carboxylic acids is 1. The first kappa shape index (κ1) is 13.1. The van der Waals surface area contributed by atoms with Gasteiger partial charge >= 0.3 is 0 Å². The van der Waals surface area contributed by atoms with Crippen molar-refractivity contribution in [1.29, 1.82) is 0 Å². The number of hydrogen-bond acceptors (Lipinski definition) is 3. The largest absolute Gasteiger partial charge is 0.468 e. The van der Waals surface area contributed by atoms with Gasteiger partial charge in [-0.05, 0) is 18.2 Å². The van der Waals surface area contributed by atoms with E-state index < -0.39 is 6.23 Å². The molecule has 3 N–H and O–H groups in total. The van der Waals surface area contributed by atoms with E-state index in [4.69, 9.17) is 33.7 Å². The molecule has 0 saturated carbocycles. The van der Waals surface area contributed by atoms with E-state index in [0.29, 0.717) is 15.8 Å². The molecule has 0 radical (unpaired) electrons. The first-order chi connectivity index (χ1) is 7.52. The van der Waals surface area contributed by atoms with Crippen LogP contribution < -0.4 is 15.8 Å². The predicted octanol–water partition coefficient (Wildman–Crippen LogP) is 1.79. The van der Waals surface area contributed by atoms with Crippen LogP contribution in [0.4, 0.5) is 0 Å². The SMILES string of the molecule is CC(=O)NC(CN)Oc1ccc(Cl)cc1Cl. The van der Waals surface area contributed by atoms with E-state index in [2.05, 4.69) is 5.32 Å². The van der Waals surface area contributed by atoms with Gasteiger partial charge in [0.15, 0.2) is 6.23 Å². The van der Waals surface area contributed by atoms with Gasteiger partial charge in [0, 0.05) is 18.5 Å². The highest BCUT2D eigenvalue weighted by molar-refractivity contribution is 6.35. The van der Waals surface area contributed by atoms with E-state index in [1.165, 1.54) is 6.92 Å². The lowest BCUT2D eigenvalue weighted by molar-refractivity contribution is -0.121. The van der Waals surface area contributed by atoms with Crippen molar-refractivity contribution in [2.75, 3.05) is 6.54 Å². The third-order valence-corrected chi connectivity index (χ3v) is 2.27. The number of nitrogens with two attached hydrogens (primary N) is 1. The summed E-state index contributed by atoms with van der Waals surface area (Å²) in [5.74, 6) is 0.204. The van der Waals surface area contributed by atoms with Crippen molar-refractivity contribution in [2.24, 2.45) is 5.73 Å². The number of hydrogen-bond donors (Lipinski definition) is 2. The van der Waals surface area contributed by atoms with Crippen LogP contribution >= 0.6 is 23.2 Å². The Labute approximate surface area is 104 Å². The standard InChI is InChI=1S/C10H12Cl2N2O2/c1-6(15)14-10(5-13)16-9-3-2-7(11)4-8(9)12/h2-4,10H,5,13H2,1H3,(H,14,15). The van der Waals surface area contributed by atoms with Crippen molar-refractivity contribution in [3.05, 3.63) is 28.2 Å². The Morgan fingerprint density at radius 3 is 2.75 bits per heavy atom. The first-order valence-corrected chi connectivity index (χ1v) is 5.37. The lowest BCUT2D eigenvalue weighted by Crippen LogP contribution is -2.43. The summed E-state index contributed by atoms with van der Waals surface area (Å²) in [6, 6.07) is 4.82. The fourth-order valence-electron chi connectivity index (χ4n) is 1.09. The Bertz CT molecular complexity index is 385. The van der Waals surface area contributed by atoms with Crippen molar-refractivity contribution in [3.63, 3.8) is 0 Å². The quantitative estimate of drug-likeness (QED) is 0.814. The van der Waals surface area contributed by atoms with Gasteiger partial charge in [-0.3, -0.25) is 4.79 Å². The molecule has 0 bridgehead atoms. The van der Waals surface area contributed by atoms with E-state index >= 15 is 0 Å². The van der Waals surface area contributed by atoms with Gasteiger partial charge in [0.25, 0.3) is 0 Å². The van der Waals surface area contributed by atoms with Crippen LogP contribution in [0.5, 0.6) is 5.75 Å². The third kappa shape index (κ3) is 3.89. The molecule has 0 spiro atoms. The van der Waals surface area contributed by atoms with Gasteiger partial charge in [0.05, 0.1) is 5.02 Å². The van der Waals surface area contributed by atoms with Crippen LogP contribution in [-0.4, -0.2) is 18.7 Å². The average Bonchev–Trinajstić information content (AvgIpc) is 2.20. The van der Waals surface area contributed by atoms with Gasteiger partial charge in [-0.2, -0.15) is 0 Å². The Hall–Kier alpha value is -0.970. The number of rotatable bonds is 4. The Kier molecular flexibility index (Phi) is 4.86. The molecule has 0 aliphatic rings. The smallest absolute Gasteiger partial charge is 0.219 e. The summed E-state index contributed by atoms with van der Waals surface area (Å²) in [6.45, 7) is 1.54. The van der Waals surface area contributed by atoms with Crippen molar-refractivity contribution < 1.29 is 9.53 Å². The van der Waals surface area contributed by atoms with Gasteiger partial charge in [0.2, 0.25) is 5.91 Å². The molecule has 88 valence electrons. The lowest BCUT2D eigenvalue weighted by atomic mass is 10.3. The summed E-state index contributed by atoms with van der Waals surface area (Å²) in [4.78, 5) is 10.8. The second kappa shape index (κ2) is 5.94. The van der Waals surface area contributed by atoms with Crippen LogP contribution in [-0.2, 0) is 4.79 Å². The van der Waals surface area contributed by atoms with E-state index in [-0.39, 0.29) is 12.5 Å². The van der Waals surface area contributed by atoms with E-state index in [9.17, 15) is 4.79 Å². The molecule has 1 aromatic carbocycles. The molecular formula is C10H12Cl2N2O2. The number of halogens is 2. The number of nitrogens with one attached hydrogen (secondary N) is 1. The minimum Gasteiger partial charge on any atom is -0.468 e. The number of carbonyl (C=O) groups is 1. The fraction of sp³-hybridized carbons (Fsp3) is 0.300. The van der Waals surface area contributed by atoms with Gasteiger partial charge in [-0.1, -0.05) is 23.2 Å². The maximum absolute atomic E-state index is 10.8. The lowest BCUT2D eigenvalue weighted by Gasteiger charge is -2.18. The normalized spacial score (nSPS) is 12.0. The Morgan fingerprint density at radius 1 is 1.56 bits per heavy atom. The zero-order valence-electron chi connectivity index (χ0n) is 8.67. The molecule has 1 unspecified atom stereocenters. The highest BCUT2D eigenvalue weighted by Gasteiger charge is 2.11. The molecule has 0 fully saturated rings. The molecule has 0 aliphatic carbocycles. The maximum Gasteiger partial charge on any atom is 0.219 e. The van der Waals surface area contributed by atoms with Crippen molar-refractivity contribution in [1.82, 2.24) is 5.32 Å². The first-order valence-electron chi connectivity index (χ1n) is 4.62. The summed E-state index contributed by atoms with van der Waals surface area (Å²) < 4.78 is 5.41. The van der Waals surface area contributed by atoms with Gasteiger partial charge in [0.1, 0.15) is 5.75 Å². The molecule has 16 heavy (non-hydrogen) atoms. The second-order valence-electron chi connectivity index (χ2n) is 3.12. The summed E-state index contributed by atoms with van der Waals surface area (Å²) >= 11 is 11.6. The van der Waals surface area contributed by atoms with Gasteiger partial charge in [-0.25, -0.2) is 0 Å². The summed E-state index contributed by atoms with van der Waals surface area (Å²) in [5.41, 5.74) is 5.44. The Morgan fingerprint density at radius 2 is 2.25 bits per heavy atom. The second-order valence-corrected chi connectivity index (χ2v) is 3.96. The van der Waals surface area contributed by atoms with Crippen molar-refractivity contribution in [2.45, 2.75) is 13.2 Å². The number of benzene rings is 1. The van der Waals surface area contributed by atoms with E-state index in [1.807, 2.05) is 0 Å². The maximum atomic E-state index is 10.8. The highest BCUT2D eigenvalue weighted by atomic mass is 35.5. The Balaban J connectivity index is 2.73. The van der Waals surface area contributed by atoms with E-state index in [1.54, 1.807) is 18.2 Å². The molecule has 4 nitrogen and oxygen atoms in total. The minimum atomic E-state index is -0.601. The zero-order chi connectivity index (χ0) is 12.1. The van der Waals surface area contributed by atoms with Gasteiger partial charge < -0.3 is 15.8 Å². The van der Waals surface area contributed by atoms with Crippen LogP contribution in [0, 0.1) is 0 Å². The monoisotopic (exact) mass is 262 g/mol. The number of amides is 1. The minimum absolute atomic E-state index is 0.151. The highest BCUT2D eigenvalue weighted by Crippen LogP contribution is 2.27. The average molecular weight is 263 g/mol. The topological polar surface area (TPSA) is 64.4 Å². The van der Waals surface area contributed by atoms with Crippen LogP contribution in [0.3, 0.4) is 0 Å². The van der Waals surface area contributed by atoms with Crippen LogP contribution in [0.2, 0.25) is 10.0 Å². The fourth-order valence-corrected chi connectivity index (χ4v) is 1.54. The van der Waals surface area contributed by atoms with Crippen LogP contribution in [0.1, 0.15) is 6.92 Å². The molecule has 1 atom stereocenters. The van der Waals surface area contributed by atoms with Crippen LogP contribution in [0.25, 0.3) is 0 Å². The molecular weight excluding hydrogens is 251 g/mol. The molecule has 0 aliphatic heterocycles. The molecule has 1 rings (SSSR count). The zero-order valence-corrected chi connectivity index (χ0v) is 10.2. The number of ether oxygens (including phenoxy) is 1. The third-order valence-electron chi connectivity index (χ3n) is 1.74. The van der Waals surface area contributed by atoms with Crippen LogP contribution in [0.15, 0.2) is 18.2 Å².